The molecule has 0 radical (unpaired) electrons. The molecule has 0 saturated carbocycles. The van der Waals surface area contributed by atoms with Crippen molar-refractivity contribution >= 4 is 53.3 Å². The number of hydrogen-bond acceptors (Lipinski definition) is 6. The second kappa shape index (κ2) is 11.4. The average Bonchev–Trinajstić information content (AvgIpc) is 2.55. The smallest absolute Gasteiger partial charge is 0.445 e. The van der Waals surface area contributed by atoms with Gasteiger partial charge in [-0.15, -0.1) is 0 Å². The van der Waals surface area contributed by atoms with Gasteiger partial charge in [0, 0.05) is 16.1 Å². The summed E-state index contributed by atoms with van der Waals surface area (Å²) in [6.45, 7) is 13.3. The highest BCUT2D eigenvalue weighted by Crippen LogP contribution is 2.52. The highest BCUT2D eigenvalue weighted by Gasteiger charge is 2.32. The molecular formula is C18H32Cl2NO6PSi2. The fourth-order valence-corrected chi connectivity index (χ4v) is 5.46. The molecule has 172 valence electrons. The lowest BCUT2D eigenvalue weighted by atomic mass is 10.2. The molecule has 0 unspecified atom stereocenters. The zero-order valence-corrected chi connectivity index (χ0v) is 22.8. The molecule has 0 bridgehead atoms. The molecule has 0 saturated heterocycles. The molecule has 1 aromatic carbocycles. The predicted molar refractivity (Wildman–Crippen MR) is 127 cm³/mol. The van der Waals surface area contributed by atoms with Crippen LogP contribution in [-0.4, -0.2) is 35.5 Å². The molecule has 0 aromatic heterocycles. The number of benzene rings is 1. The largest absolute Gasteiger partial charge is 0.530 e. The summed E-state index contributed by atoms with van der Waals surface area (Å²) in [6.07, 6.45) is -0.988. The number of ether oxygens (including phenoxy) is 1. The Balaban J connectivity index is 3.10. The third-order valence-electron chi connectivity index (χ3n) is 3.92. The standard InChI is InChI=1S/C18H32Cl2NO6PSi2/c1-29(2,3)11-9-25-28(23,26-10-12-30(4,5)6)27-16-8-7-15(19)17(20)14(16)13-24-18(21)22/h7-8H,9-13H2,1-6H3,(H2,21,22). The third-order valence-corrected chi connectivity index (χ3v) is 9.59. The minimum atomic E-state index is -3.95. The Labute approximate surface area is 191 Å². The van der Waals surface area contributed by atoms with E-state index >= 15 is 0 Å². The van der Waals surface area contributed by atoms with E-state index in [2.05, 4.69) is 39.3 Å². The Morgan fingerprint density at radius 2 is 1.50 bits per heavy atom. The van der Waals surface area contributed by atoms with Crippen molar-refractivity contribution in [2.24, 2.45) is 5.73 Å². The van der Waals surface area contributed by atoms with Crippen LogP contribution in [0, 0.1) is 0 Å². The maximum Gasteiger partial charge on any atom is 0.530 e. The van der Waals surface area contributed by atoms with Gasteiger partial charge in [0.25, 0.3) is 0 Å². The van der Waals surface area contributed by atoms with Gasteiger partial charge in [0.1, 0.15) is 12.4 Å². The van der Waals surface area contributed by atoms with Crippen LogP contribution in [0.25, 0.3) is 0 Å². The molecule has 1 aromatic rings. The summed E-state index contributed by atoms with van der Waals surface area (Å²) < 4.78 is 35.2. The maximum atomic E-state index is 13.4. The van der Waals surface area contributed by atoms with Crippen LogP contribution in [0.3, 0.4) is 0 Å². The minimum absolute atomic E-state index is 0.0926. The van der Waals surface area contributed by atoms with E-state index < -0.39 is 30.1 Å². The van der Waals surface area contributed by atoms with Crippen molar-refractivity contribution in [1.29, 1.82) is 0 Å². The monoisotopic (exact) mass is 515 g/mol. The maximum absolute atomic E-state index is 13.4. The van der Waals surface area contributed by atoms with Crippen molar-refractivity contribution in [2.75, 3.05) is 13.2 Å². The summed E-state index contributed by atoms with van der Waals surface area (Å²) >= 11 is 12.3. The van der Waals surface area contributed by atoms with E-state index in [9.17, 15) is 9.36 Å². The first-order valence-electron chi connectivity index (χ1n) is 9.60. The van der Waals surface area contributed by atoms with E-state index in [1.165, 1.54) is 12.1 Å². The molecule has 0 atom stereocenters. The van der Waals surface area contributed by atoms with Gasteiger partial charge in [-0.1, -0.05) is 62.5 Å². The summed E-state index contributed by atoms with van der Waals surface area (Å²) in [4.78, 5) is 11.0. The van der Waals surface area contributed by atoms with E-state index in [-0.39, 0.29) is 41.2 Å². The summed E-state index contributed by atoms with van der Waals surface area (Å²) in [6, 6.07) is 4.54. The van der Waals surface area contributed by atoms with Crippen LogP contribution in [0.2, 0.25) is 61.4 Å². The first-order chi connectivity index (χ1) is 13.6. The molecule has 0 aliphatic heterocycles. The van der Waals surface area contributed by atoms with Crippen molar-refractivity contribution < 1.29 is 27.7 Å². The molecular weight excluding hydrogens is 484 g/mol. The van der Waals surface area contributed by atoms with Crippen LogP contribution in [0.1, 0.15) is 5.56 Å². The number of carbonyl (C=O) groups is 1. The Bertz CT molecular complexity index is 759. The molecule has 30 heavy (non-hydrogen) atoms. The molecule has 0 heterocycles. The topological polar surface area (TPSA) is 97.1 Å². The fourth-order valence-electron chi connectivity index (χ4n) is 2.08. The number of halogens is 2. The molecule has 0 aliphatic rings. The van der Waals surface area contributed by atoms with Gasteiger partial charge in [0.05, 0.1) is 28.8 Å². The van der Waals surface area contributed by atoms with Crippen LogP contribution < -0.4 is 10.3 Å². The summed E-state index contributed by atoms with van der Waals surface area (Å²) in [5, 5.41) is 0.326. The second-order valence-corrected chi connectivity index (χ2v) is 22.9. The van der Waals surface area contributed by atoms with Crippen molar-refractivity contribution in [2.45, 2.75) is 58.0 Å². The number of phosphoric acid groups is 1. The van der Waals surface area contributed by atoms with Crippen LogP contribution in [-0.2, 0) is 25.0 Å². The molecule has 0 spiro atoms. The van der Waals surface area contributed by atoms with Crippen LogP contribution >= 0.6 is 31.0 Å². The number of rotatable bonds is 12. The van der Waals surface area contributed by atoms with Gasteiger partial charge in [0.15, 0.2) is 0 Å². The number of nitrogens with two attached hydrogens (primary N) is 1. The summed E-state index contributed by atoms with van der Waals surface area (Å²) in [5.41, 5.74) is 5.27. The van der Waals surface area contributed by atoms with Crippen molar-refractivity contribution in [3.05, 3.63) is 27.7 Å². The van der Waals surface area contributed by atoms with Gasteiger partial charge in [-0.2, -0.15) is 0 Å². The Morgan fingerprint density at radius 1 is 1.00 bits per heavy atom. The molecule has 1 rings (SSSR count). The number of amides is 1. The Kier molecular flexibility index (Phi) is 10.4. The fraction of sp³-hybridized carbons (Fsp3) is 0.611. The van der Waals surface area contributed by atoms with E-state index in [0.29, 0.717) is 0 Å². The Morgan fingerprint density at radius 3 is 1.93 bits per heavy atom. The average molecular weight is 517 g/mol. The highest BCUT2D eigenvalue weighted by atomic mass is 35.5. The van der Waals surface area contributed by atoms with Crippen molar-refractivity contribution in [3.8, 4) is 5.75 Å². The molecule has 12 heteroatoms. The van der Waals surface area contributed by atoms with E-state index in [1.54, 1.807) is 0 Å². The number of hydrogen-bond donors (Lipinski definition) is 1. The van der Waals surface area contributed by atoms with Gasteiger partial charge in [0.2, 0.25) is 0 Å². The summed E-state index contributed by atoms with van der Waals surface area (Å²) in [5.74, 6) is 0.0926. The molecule has 0 aliphatic carbocycles. The van der Waals surface area contributed by atoms with Gasteiger partial charge in [-0.3, -0.25) is 9.05 Å². The van der Waals surface area contributed by atoms with E-state index in [1.807, 2.05) is 0 Å². The number of carbonyl (C=O) groups excluding carboxylic acids is 1. The molecule has 1 amide bonds. The number of primary amides is 1. The number of phosphoric ester groups is 1. The lowest BCUT2D eigenvalue weighted by Gasteiger charge is -2.24. The normalized spacial score (nSPS) is 12.7. The van der Waals surface area contributed by atoms with E-state index in [0.717, 1.165) is 12.1 Å². The van der Waals surface area contributed by atoms with Gasteiger partial charge in [-0.05, 0) is 24.2 Å². The zero-order chi connectivity index (χ0) is 23.2. The van der Waals surface area contributed by atoms with E-state index in [4.69, 9.17) is 47.2 Å². The molecule has 2 N–H and O–H groups in total. The van der Waals surface area contributed by atoms with Crippen LogP contribution in [0.15, 0.2) is 12.1 Å². The van der Waals surface area contributed by atoms with Crippen molar-refractivity contribution in [1.82, 2.24) is 0 Å². The molecule has 0 fully saturated rings. The van der Waals surface area contributed by atoms with Crippen LogP contribution in [0.4, 0.5) is 4.79 Å². The van der Waals surface area contributed by atoms with Gasteiger partial charge in [-0.25, -0.2) is 9.36 Å². The predicted octanol–water partition coefficient (Wildman–Crippen LogP) is 6.79. The van der Waals surface area contributed by atoms with Gasteiger partial charge < -0.3 is 15.0 Å². The first kappa shape index (κ1) is 27.5. The second-order valence-electron chi connectivity index (χ2n) is 9.27. The third kappa shape index (κ3) is 10.7. The highest BCUT2D eigenvalue weighted by molar-refractivity contribution is 7.49. The molecule has 7 nitrogen and oxygen atoms in total. The lowest BCUT2D eigenvalue weighted by Crippen LogP contribution is -2.23. The lowest BCUT2D eigenvalue weighted by molar-refractivity contribution is 0.147. The van der Waals surface area contributed by atoms with Gasteiger partial charge >= 0.3 is 13.9 Å². The van der Waals surface area contributed by atoms with Crippen LogP contribution in [0.5, 0.6) is 5.75 Å². The first-order valence-corrected chi connectivity index (χ1v) is 19.2. The zero-order valence-electron chi connectivity index (χ0n) is 18.4. The SMILES string of the molecule is C[Si](C)(C)CCOP(=O)(OCC[Si](C)(C)C)Oc1ccc(Cl)c(Cl)c1COC(N)=O. The quantitative estimate of drug-likeness (QED) is 0.243. The minimum Gasteiger partial charge on any atom is -0.445 e. The summed E-state index contributed by atoms with van der Waals surface area (Å²) in [7, 11) is -6.80. The Hall–Kier alpha value is -0.546. The van der Waals surface area contributed by atoms with Crippen molar-refractivity contribution in [3.63, 3.8) is 0 Å².